The third kappa shape index (κ3) is 3.50. The first-order valence-corrected chi connectivity index (χ1v) is 9.12. The topological polar surface area (TPSA) is 69.4 Å². The minimum absolute atomic E-state index is 0.284. The van der Waals surface area contributed by atoms with Gasteiger partial charge in [0.05, 0.1) is 0 Å². The van der Waals surface area contributed by atoms with Gasteiger partial charge in [-0.05, 0) is 48.9 Å². The molecule has 0 saturated carbocycles. The van der Waals surface area contributed by atoms with Gasteiger partial charge in [-0.3, -0.25) is 0 Å². The van der Waals surface area contributed by atoms with E-state index in [1.807, 2.05) is 19.1 Å². The molecule has 0 fully saturated rings. The average molecular weight is 321 g/mol. The molecule has 1 aliphatic rings. The number of hydrogen-bond donors (Lipinski definition) is 0. The third-order valence-electron chi connectivity index (χ3n) is 3.82. The average Bonchev–Trinajstić information content (AvgIpc) is 2.93. The van der Waals surface area contributed by atoms with E-state index in [-0.39, 0.29) is 5.75 Å². The fourth-order valence-corrected chi connectivity index (χ4v) is 3.66. The van der Waals surface area contributed by atoms with Gasteiger partial charge in [0.15, 0.2) is 0 Å². The van der Waals surface area contributed by atoms with Crippen molar-refractivity contribution in [1.82, 2.24) is 5.16 Å². The number of rotatable bonds is 5. The van der Waals surface area contributed by atoms with Gasteiger partial charge in [-0.15, -0.1) is 0 Å². The van der Waals surface area contributed by atoms with Crippen LogP contribution in [0.15, 0.2) is 28.8 Å². The quantitative estimate of drug-likeness (QED) is 0.792. The van der Waals surface area contributed by atoms with Gasteiger partial charge in [0.1, 0.15) is 23.0 Å². The van der Waals surface area contributed by atoms with E-state index >= 15 is 0 Å². The van der Waals surface area contributed by atoms with Crippen LogP contribution in [0, 0.1) is 0 Å². The number of aromatic nitrogens is 1. The second-order valence-electron chi connectivity index (χ2n) is 5.56. The summed E-state index contributed by atoms with van der Waals surface area (Å²) >= 11 is 0. The van der Waals surface area contributed by atoms with Crippen LogP contribution in [0.3, 0.4) is 0 Å². The zero-order chi connectivity index (χ0) is 15.6. The highest BCUT2D eigenvalue weighted by molar-refractivity contribution is 7.86. The predicted molar refractivity (Wildman–Crippen MR) is 82.2 cm³/mol. The molecule has 1 aromatic heterocycles. The first-order valence-electron chi connectivity index (χ1n) is 7.54. The molecule has 1 heterocycles. The highest BCUT2D eigenvalue weighted by atomic mass is 32.2. The molecule has 22 heavy (non-hydrogen) atoms. The summed E-state index contributed by atoms with van der Waals surface area (Å²) in [6.45, 7) is 1.92. The molecule has 5 nitrogen and oxygen atoms in total. The van der Waals surface area contributed by atoms with E-state index in [1.165, 1.54) is 17.5 Å². The summed E-state index contributed by atoms with van der Waals surface area (Å²) in [5.41, 5.74) is 2.85. The minimum atomic E-state index is -3.73. The van der Waals surface area contributed by atoms with Crippen LogP contribution >= 0.6 is 0 Å². The van der Waals surface area contributed by atoms with Gasteiger partial charge in [0.25, 0.3) is 0 Å². The number of fused-ring (bicyclic) bond motifs is 1. The summed E-state index contributed by atoms with van der Waals surface area (Å²) in [6, 6.07) is 7.17. The van der Waals surface area contributed by atoms with E-state index in [0.717, 1.165) is 19.3 Å². The van der Waals surface area contributed by atoms with Crippen LogP contribution in [0.2, 0.25) is 0 Å². The summed E-state index contributed by atoms with van der Waals surface area (Å²) in [5, 5.41) is 3.75. The second-order valence-corrected chi connectivity index (χ2v) is 7.13. The monoisotopic (exact) mass is 321 g/mol. The Morgan fingerprint density at radius 1 is 1.18 bits per heavy atom. The lowest BCUT2D eigenvalue weighted by Crippen LogP contribution is -2.13. The zero-order valence-electron chi connectivity index (χ0n) is 12.5. The Kier molecular flexibility index (Phi) is 4.20. The maximum atomic E-state index is 12.1. The van der Waals surface area contributed by atoms with Gasteiger partial charge in [-0.25, -0.2) is 0 Å². The fourth-order valence-electron chi connectivity index (χ4n) is 2.71. The molecule has 1 aromatic carbocycles. The van der Waals surface area contributed by atoms with Crippen molar-refractivity contribution in [2.45, 2.75) is 44.8 Å². The first-order chi connectivity index (χ1) is 10.6. The molecule has 0 N–H and O–H groups in total. The lowest BCUT2D eigenvalue weighted by Gasteiger charge is -2.16. The van der Waals surface area contributed by atoms with Crippen molar-refractivity contribution < 1.29 is 17.1 Å². The van der Waals surface area contributed by atoms with Crippen LogP contribution in [-0.2, 0) is 35.1 Å². The molecular weight excluding hydrogens is 302 g/mol. The molecule has 0 aliphatic heterocycles. The SMILES string of the molecule is CCc1cc(CS(=O)(=O)Oc2ccc3c(c2)CCCC3)no1. The highest BCUT2D eigenvalue weighted by Crippen LogP contribution is 2.26. The van der Waals surface area contributed by atoms with Gasteiger partial charge in [-0.2, -0.15) is 8.42 Å². The summed E-state index contributed by atoms with van der Waals surface area (Å²) in [4.78, 5) is 0. The molecule has 0 spiro atoms. The second kappa shape index (κ2) is 6.12. The van der Waals surface area contributed by atoms with Crippen molar-refractivity contribution >= 4 is 10.1 Å². The van der Waals surface area contributed by atoms with Crippen LogP contribution in [-0.4, -0.2) is 13.6 Å². The molecule has 118 valence electrons. The van der Waals surface area contributed by atoms with Crippen molar-refractivity contribution in [3.05, 3.63) is 46.8 Å². The van der Waals surface area contributed by atoms with E-state index in [0.29, 0.717) is 23.6 Å². The molecular formula is C16H19NO4S. The molecule has 2 aromatic rings. The van der Waals surface area contributed by atoms with Crippen LogP contribution in [0.1, 0.15) is 42.3 Å². The Morgan fingerprint density at radius 2 is 1.95 bits per heavy atom. The lowest BCUT2D eigenvalue weighted by atomic mass is 9.92. The minimum Gasteiger partial charge on any atom is -0.382 e. The van der Waals surface area contributed by atoms with Gasteiger partial charge in [-0.1, -0.05) is 18.1 Å². The largest absolute Gasteiger partial charge is 0.382 e. The summed E-state index contributed by atoms with van der Waals surface area (Å²) in [6.07, 6.45) is 5.05. The zero-order valence-corrected chi connectivity index (χ0v) is 13.4. The van der Waals surface area contributed by atoms with E-state index in [2.05, 4.69) is 5.16 Å². The van der Waals surface area contributed by atoms with E-state index in [1.54, 1.807) is 12.1 Å². The third-order valence-corrected chi connectivity index (χ3v) is 4.92. The Bertz CT molecular complexity index is 764. The van der Waals surface area contributed by atoms with Crippen LogP contribution in [0.4, 0.5) is 0 Å². The number of aryl methyl sites for hydroxylation is 3. The van der Waals surface area contributed by atoms with E-state index in [9.17, 15) is 8.42 Å². The summed E-state index contributed by atoms with van der Waals surface area (Å²) in [5.74, 6) is 0.756. The summed E-state index contributed by atoms with van der Waals surface area (Å²) < 4.78 is 34.5. The standard InChI is InChI=1S/C16H19NO4S/c1-2-15-10-14(17-20-15)11-22(18,19)21-16-8-7-12-5-3-4-6-13(12)9-16/h7-10H,2-6,11H2,1H3. The number of hydrogen-bond acceptors (Lipinski definition) is 5. The number of benzene rings is 1. The molecule has 6 heteroatoms. The van der Waals surface area contributed by atoms with Crippen molar-refractivity contribution in [2.24, 2.45) is 0 Å². The van der Waals surface area contributed by atoms with Crippen LogP contribution in [0.5, 0.6) is 5.75 Å². The van der Waals surface area contributed by atoms with Crippen molar-refractivity contribution in [1.29, 1.82) is 0 Å². The van der Waals surface area contributed by atoms with Crippen molar-refractivity contribution in [3.8, 4) is 5.75 Å². The fraction of sp³-hybridized carbons (Fsp3) is 0.438. The molecule has 3 rings (SSSR count). The molecule has 0 bridgehead atoms. The first kappa shape index (κ1) is 15.1. The van der Waals surface area contributed by atoms with E-state index in [4.69, 9.17) is 8.71 Å². The maximum absolute atomic E-state index is 12.1. The Labute approximate surface area is 130 Å². The molecule has 0 unspecified atom stereocenters. The van der Waals surface area contributed by atoms with Gasteiger partial charge < -0.3 is 8.71 Å². The van der Waals surface area contributed by atoms with Crippen LogP contribution < -0.4 is 4.18 Å². The van der Waals surface area contributed by atoms with Crippen LogP contribution in [0.25, 0.3) is 0 Å². The molecule has 0 saturated heterocycles. The molecule has 0 amide bonds. The molecule has 0 atom stereocenters. The Morgan fingerprint density at radius 3 is 2.68 bits per heavy atom. The number of nitrogens with zero attached hydrogens (tertiary/aromatic N) is 1. The maximum Gasteiger partial charge on any atom is 0.315 e. The smallest absolute Gasteiger partial charge is 0.315 e. The molecule has 1 aliphatic carbocycles. The molecule has 0 radical (unpaired) electrons. The Hall–Kier alpha value is -1.82. The Balaban J connectivity index is 1.73. The van der Waals surface area contributed by atoms with Crippen molar-refractivity contribution in [2.75, 3.05) is 0 Å². The van der Waals surface area contributed by atoms with Gasteiger partial charge in [0.2, 0.25) is 0 Å². The predicted octanol–water partition coefficient (Wildman–Crippen LogP) is 3.02. The highest BCUT2D eigenvalue weighted by Gasteiger charge is 2.18. The van der Waals surface area contributed by atoms with Gasteiger partial charge >= 0.3 is 10.1 Å². The van der Waals surface area contributed by atoms with E-state index < -0.39 is 10.1 Å². The van der Waals surface area contributed by atoms with Crippen molar-refractivity contribution in [3.63, 3.8) is 0 Å². The lowest BCUT2D eigenvalue weighted by molar-refractivity contribution is 0.381. The van der Waals surface area contributed by atoms with Gasteiger partial charge in [0, 0.05) is 12.5 Å². The normalized spacial score (nSPS) is 14.6. The summed E-state index contributed by atoms with van der Waals surface area (Å²) in [7, 11) is -3.73.